The van der Waals surface area contributed by atoms with Gasteiger partial charge >= 0.3 is 6.18 Å². The molecular weight excluding hydrogens is 383 g/mol. The number of nitrogens with zero attached hydrogens (tertiary/aromatic N) is 3. The molecule has 6 nitrogen and oxygen atoms in total. The largest absolute Gasteiger partial charge is 0.416 e. The Kier molecular flexibility index (Phi) is 4.79. The second kappa shape index (κ2) is 7.42. The quantitative estimate of drug-likeness (QED) is 0.827. The van der Waals surface area contributed by atoms with Crippen molar-refractivity contribution in [2.45, 2.75) is 18.9 Å². The van der Waals surface area contributed by atoms with Crippen molar-refractivity contribution in [3.63, 3.8) is 0 Å². The van der Waals surface area contributed by atoms with Crippen molar-refractivity contribution in [1.29, 1.82) is 0 Å². The zero-order valence-electron chi connectivity index (χ0n) is 15.0. The number of carbonyl (C=O) groups is 1. The number of allylic oxidation sites excluding steroid dienone is 3. The van der Waals surface area contributed by atoms with Gasteiger partial charge in [0.2, 0.25) is 0 Å². The Morgan fingerprint density at radius 1 is 1.24 bits per heavy atom. The number of halogens is 3. The Labute approximate surface area is 164 Å². The van der Waals surface area contributed by atoms with Crippen LogP contribution in [0.25, 0.3) is 0 Å². The van der Waals surface area contributed by atoms with E-state index in [1.165, 1.54) is 0 Å². The third kappa shape index (κ3) is 3.84. The van der Waals surface area contributed by atoms with Crippen LogP contribution in [-0.2, 0) is 17.5 Å². The molecule has 1 unspecified atom stereocenters. The van der Waals surface area contributed by atoms with Crippen molar-refractivity contribution < 1.29 is 18.0 Å². The van der Waals surface area contributed by atoms with Gasteiger partial charge in [-0.3, -0.25) is 14.8 Å². The molecule has 4 rings (SSSR count). The number of aromatic nitrogens is 2. The lowest BCUT2D eigenvalue weighted by Gasteiger charge is -2.25. The average Bonchev–Trinajstić information content (AvgIpc) is 3.12. The normalized spacial score (nSPS) is 17.9. The second-order valence-corrected chi connectivity index (χ2v) is 6.42. The number of carbonyl (C=O) groups excluding carboxylic acids is 1. The molecule has 4 heterocycles. The van der Waals surface area contributed by atoms with E-state index in [9.17, 15) is 18.0 Å². The first kappa shape index (κ1) is 18.7. The van der Waals surface area contributed by atoms with E-state index in [1.54, 1.807) is 30.6 Å². The summed E-state index contributed by atoms with van der Waals surface area (Å²) >= 11 is 0. The molecule has 9 heteroatoms. The monoisotopic (exact) mass is 399 g/mol. The van der Waals surface area contributed by atoms with E-state index < -0.39 is 17.6 Å². The maximum Gasteiger partial charge on any atom is 0.416 e. The van der Waals surface area contributed by atoms with E-state index in [0.717, 1.165) is 23.9 Å². The molecule has 1 atom stereocenters. The van der Waals surface area contributed by atoms with E-state index >= 15 is 0 Å². The smallest absolute Gasteiger partial charge is 0.355 e. The molecule has 2 aromatic heterocycles. The highest BCUT2D eigenvalue weighted by atomic mass is 19.4. The molecule has 2 N–H and O–H groups in total. The molecule has 0 radical (unpaired) electrons. The number of hydrogen-bond acceptors (Lipinski definition) is 5. The Bertz CT molecular complexity index is 1010. The highest BCUT2D eigenvalue weighted by Crippen LogP contribution is 2.33. The zero-order valence-corrected chi connectivity index (χ0v) is 15.0. The van der Waals surface area contributed by atoms with E-state index in [2.05, 4.69) is 20.6 Å². The Morgan fingerprint density at radius 3 is 2.86 bits per heavy atom. The fraction of sp³-hybridized carbons (Fsp3) is 0.150. The van der Waals surface area contributed by atoms with Crippen molar-refractivity contribution in [3.05, 3.63) is 95.5 Å². The minimum atomic E-state index is -4.46. The van der Waals surface area contributed by atoms with Crippen molar-refractivity contribution in [1.82, 2.24) is 25.5 Å². The number of hydrogen-bond donors (Lipinski definition) is 2. The zero-order chi connectivity index (χ0) is 20.4. The van der Waals surface area contributed by atoms with Crippen LogP contribution in [0, 0.1) is 0 Å². The summed E-state index contributed by atoms with van der Waals surface area (Å²) in [6.07, 6.45) is 6.96. The summed E-state index contributed by atoms with van der Waals surface area (Å²) in [5.41, 5.74) is 1.17. The lowest BCUT2D eigenvalue weighted by Crippen LogP contribution is -2.32. The van der Waals surface area contributed by atoms with Gasteiger partial charge in [-0.25, -0.2) is 0 Å². The fourth-order valence-corrected chi connectivity index (χ4v) is 3.15. The van der Waals surface area contributed by atoms with Gasteiger partial charge in [0.25, 0.3) is 5.91 Å². The van der Waals surface area contributed by atoms with Gasteiger partial charge in [-0.2, -0.15) is 13.2 Å². The number of nitrogens with one attached hydrogen (secondary N) is 2. The Morgan fingerprint density at radius 2 is 2.10 bits per heavy atom. The maximum atomic E-state index is 12.8. The van der Waals surface area contributed by atoms with E-state index in [-0.39, 0.29) is 18.4 Å². The van der Waals surface area contributed by atoms with Crippen LogP contribution in [0.4, 0.5) is 13.2 Å². The Balaban J connectivity index is 1.51. The van der Waals surface area contributed by atoms with Gasteiger partial charge in [0.05, 0.1) is 23.5 Å². The standard InChI is InChI=1S/C20H16F3N5O/c21-20(22,23)14-6-8-25-15(10-14)12-26-19(29)17-16-5-1-2-9-28(16)18(27-17)13-4-3-7-24-11-13/h1-11,18,27H,12H2,(H,26,29). The van der Waals surface area contributed by atoms with Gasteiger partial charge in [-0.15, -0.1) is 0 Å². The Hall–Kier alpha value is -3.62. The van der Waals surface area contributed by atoms with Gasteiger partial charge in [-0.1, -0.05) is 12.1 Å². The average molecular weight is 399 g/mol. The summed E-state index contributed by atoms with van der Waals surface area (Å²) in [5, 5.41) is 5.81. The molecule has 0 aromatic carbocycles. The fourth-order valence-electron chi connectivity index (χ4n) is 3.15. The molecule has 29 heavy (non-hydrogen) atoms. The number of pyridine rings is 2. The van der Waals surface area contributed by atoms with E-state index in [1.807, 2.05) is 23.2 Å². The van der Waals surface area contributed by atoms with Crippen molar-refractivity contribution in [2.75, 3.05) is 0 Å². The summed E-state index contributed by atoms with van der Waals surface area (Å²) in [4.78, 5) is 22.7. The first-order chi connectivity index (χ1) is 13.9. The number of fused-ring (bicyclic) bond motifs is 1. The van der Waals surface area contributed by atoms with Crippen molar-refractivity contribution in [3.8, 4) is 0 Å². The minimum absolute atomic E-state index is 0.122. The predicted octanol–water partition coefficient (Wildman–Crippen LogP) is 3.01. The van der Waals surface area contributed by atoms with Gasteiger partial charge in [0.15, 0.2) is 0 Å². The summed E-state index contributed by atoms with van der Waals surface area (Å²) in [5.74, 6) is -0.435. The SMILES string of the molecule is O=C(NCc1cc(C(F)(F)F)ccn1)C1=C2C=CC=CN2C(c2cccnc2)N1. The molecule has 0 saturated heterocycles. The van der Waals surface area contributed by atoms with Gasteiger partial charge < -0.3 is 15.5 Å². The second-order valence-electron chi connectivity index (χ2n) is 6.42. The molecule has 2 aliphatic rings. The highest BCUT2D eigenvalue weighted by molar-refractivity contribution is 5.94. The van der Waals surface area contributed by atoms with Crippen LogP contribution in [-0.4, -0.2) is 20.8 Å². The van der Waals surface area contributed by atoms with Crippen molar-refractivity contribution >= 4 is 5.91 Å². The summed E-state index contributed by atoms with van der Waals surface area (Å²) in [6, 6.07) is 5.51. The van der Waals surface area contributed by atoms with Gasteiger partial charge in [0, 0.05) is 30.4 Å². The third-order valence-corrected chi connectivity index (χ3v) is 4.51. The van der Waals surface area contributed by atoms with Crippen LogP contribution in [0.15, 0.2) is 78.7 Å². The lowest BCUT2D eigenvalue weighted by molar-refractivity contribution is -0.137. The maximum absolute atomic E-state index is 12.8. The van der Waals surface area contributed by atoms with E-state index in [0.29, 0.717) is 11.4 Å². The van der Waals surface area contributed by atoms with Gasteiger partial charge in [-0.05, 0) is 30.4 Å². The predicted molar refractivity (Wildman–Crippen MR) is 98.3 cm³/mol. The molecular formula is C20H16F3N5O. The molecule has 2 aliphatic heterocycles. The highest BCUT2D eigenvalue weighted by Gasteiger charge is 2.34. The van der Waals surface area contributed by atoms with Gasteiger partial charge in [0.1, 0.15) is 11.9 Å². The number of alkyl halides is 3. The molecule has 148 valence electrons. The first-order valence-electron chi connectivity index (χ1n) is 8.78. The molecule has 0 fully saturated rings. The van der Waals surface area contributed by atoms with Crippen LogP contribution < -0.4 is 10.6 Å². The molecule has 0 aliphatic carbocycles. The van der Waals surface area contributed by atoms with Crippen LogP contribution in [0.3, 0.4) is 0 Å². The van der Waals surface area contributed by atoms with Crippen LogP contribution in [0.2, 0.25) is 0 Å². The third-order valence-electron chi connectivity index (χ3n) is 4.51. The van der Waals surface area contributed by atoms with Crippen LogP contribution >= 0.6 is 0 Å². The lowest BCUT2D eigenvalue weighted by atomic mass is 10.2. The summed E-state index contributed by atoms with van der Waals surface area (Å²) < 4.78 is 38.5. The summed E-state index contributed by atoms with van der Waals surface area (Å²) in [6.45, 7) is -0.127. The van der Waals surface area contributed by atoms with E-state index in [4.69, 9.17) is 0 Å². The number of amides is 1. The molecule has 0 bridgehead atoms. The van der Waals surface area contributed by atoms with Crippen LogP contribution in [0.1, 0.15) is 23.0 Å². The molecule has 0 saturated carbocycles. The molecule has 0 spiro atoms. The van der Waals surface area contributed by atoms with Crippen LogP contribution in [0.5, 0.6) is 0 Å². The molecule has 2 aromatic rings. The minimum Gasteiger partial charge on any atom is -0.355 e. The number of rotatable bonds is 4. The summed E-state index contributed by atoms with van der Waals surface area (Å²) in [7, 11) is 0. The van der Waals surface area contributed by atoms with Crippen molar-refractivity contribution in [2.24, 2.45) is 0 Å². The topological polar surface area (TPSA) is 70.2 Å². The molecule has 1 amide bonds. The first-order valence-corrected chi connectivity index (χ1v) is 8.78.